The maximum atomic E-state index is 13.2. The van der Waals surface area contributed by atoms with Crippen LogP contribution in [0.5, 0.6) is 0 Å². The number of nitrogens with zero attached hydrogens (tertiary/aromatic N) is 3. The molecule has 8 heteroatoms. The van der Waals surface area contributed by atoms with Crippen LogP contribution in [0.4, 0.5) is 5.69 Å². The van der Waals surface area contributed by atoms with E-state index in [9.17, 15) is 13.2 Å². The molecule has 0 saturated carbocycles. The molecule has 1 unspecified atom stereocenters. The van der Waals surface area contributed by atoms with E-state index in [0.717, 1.165) is 17.5 Å². The molecule has 0 amide bonds. The Morgan fingerprint density at radius 1 is 1.10 bits per heavy atom. The molecule has 1 atom stereocenters. The molecule has 2 heterocycles. The first kappa shape index (κ1) is 19.4. The number of carbonyl (C=O) groups is 1. The second kappa shape index (κ2) is 7.81. The number of hydrogen-bond acceptors (Lipinski definition) is 6. The Morgan fingerprint density at radius 3 is 2.52 bits per heavy atom. The summed E-state index contributed by atoms with van der Waals surface area (Å²) in [5.41, 5.74) is 2.21. The van der Waals surface area contributed by atoms with Gasteiger partial charge in [-0.1, -0.05) is 12.1 Å². The van der Waals surface area contributed by atoms with Crippen molar-refractivity contribution in [1.29, 1.82) is 0 Å². The minimum absolute atomic E-state index is 0.234. The SMILES string of the molecule is CC1CN(c2ccccc2C=O)CCN1S(=O)(=O)c1ccc(-c2cnco2)cc1. The van der Waals surface area contributed by atoms with Crippen molar-refractivity contribution in [3.63, 3.8) is 0 Å². The Kier molecular flexibility index (Phi) is 5.21. The van der Waals surface area contributed by atoms with Gasteiger partial charge >= 0.3 is 0 Å². The zero-order valence-electron chi connectivity index (χ0n) is 15.9. The van der Waals surface area contributed by atoms with E-state index in [4.69, 9.17) is 4.42 Å². The fraction of sp³-hybridized carbons (Fsp3) is 0.238. The van der Waals surface area contributed by atoms with Crippen LogP contribution in [0.3, 0.4) is 0 Å². The lowest BCUT2D eigenvalue weighted by Crippen LogP contribution is -2.54. The molecule has 0 aliphatic carbocycles. The van der Waals surface area contributed by atoms with E-state index in [-0.39, 0.29) is 10.9 Å². The van der Waals surface area contributed by atoms with Gasteiger partial charge in [-0.05, 0) is 43.3 Å². The minimum atomic E-state index is -3.63. The molecule has 4 rings (SSSR count). The van der Waals surface area contributed by atoms with Crippen molar-refractivity contribution in [1.82, 2.24) is 9.29 Å². The Hall–Kier alpha value is -2.97. The third-order valence-electron chi connectivity index (χ3n) is 5.15. The normalized spacial score (nSPS) is 18.0. The molecule has 0 bridgehead atoms. The first-order chi connectivity index (χ1) is 14.0. The third-order valence-corrected chi connectivity index (χ3v) is 7.18. The average molecular weight is 411 g/mol. The maximum absolute atomic E-state index is 13.2. The van der Waals surface area contributed by atoms with Crippen LogP contribution in [-0.2, 0) is 10.0 Å². The highest BCUT2D eigenvalue weighted by molar-refractivity contribution is 7.89. The zero-order valence-corrected chi connectivity index (χ0v) is 16.7. The van der Waals surface area contributed by atoms with Crippen LogP contribution in [0.1, 0.15) is 17.3 Å². The van der Waals surface area contributed by atoms with Crippen LogP contribution in [-0.4, -0.2) is 49.7 Å². The Balaban J connectivity index is 1.53. The van der Waals surface area contributed by atoms with Crippen LogP contribution in [0.25, 0.3) is 11.3 Å². The number of carbonyl (C=O) groups excluding carboxylic acids is 1. The Morgan fingerprint density at radius 2 is 1.86 bits per heavy atom. The maximum Gasteiger partial charge on any atom is 0.243 e. The van der Waals surface area contributed by atoms with Crippen molar-refractivity contribution in [2.24, 2.45) is 0 Å². The van der Waals surface area contributed by atoms with E-state index < -0.39 is 10.0 Å². The molecular weight excluding hydrogens is 390 g/mol. The van der Waals surface area contributed by atoms with Crippen molar-refractivity contribution in [2.75, 3.05) is 24.5 Å². The highest BCUT2D eigenvalue weighted by Crippen LogP contribution is 2.27. The molecule has 1 aliphatic rings. The number of piperazine rings is 1. The number of rotatable bonds is 5. The lowest BCUT2D eigenvalue weighted by atomic mass is 10.1. The summed E-state index contributed by atoms with van der Waals surface area (Å²) in [6.07, 6.45) is 3.76. The minimum Gasteiger partial charge on any atom is -0.444 e. The first-order valence-electron chi connectivity index (χ1n) is 9.30. The zero-order chi connectivity index (χ0) is 20.4. The molecule has 1 aromatic heterocycles. The lowest BCUT2D eigenvalue weighted by molar-refractivity contribution is 0.112. The van der Waals surface area contributed by atoms with E-state index in [1.54, 1.807) is 36.5 Å². The molecule has 29 heavy (non-hydrogen) atoms. The fourth-order valence-electron chi connectivity index (χ4n) is 3.68. The van der Waals surface area contributed by atoms with Crippen molar-refractivity contribution < 1.29 is 17.6 Å². The van der Waals surface area contributed by atoms with Gasteiger partial charge in [0.15, 0.2) is 18.4 Å². The second-order valence-electron chi connectivity index (χ2n) is 6.98. The highest BCUT2D eigenvalue weighted by Gasteiger charge is 2.34. The Bertz CT molecular complexity index is 1100. The van der Waals surface area contributed by atoms with Crippen LogP contribution in [0, 0.1) is 0 Å². The van der Waals surface area contributed by atoms with Crippen LogP contribution in [0.15, 0.2) is 70.4 Å². The summed E-state index contributed by atoms with van der Waals surface area (Å²) in [6, 6.07) is 13.7. The van der Waals surface area contributed by atoms with E-state index in [1.165, 1.54) is 10.7 Å². The number of oxazole rings is 1. The summed E-state index contributed by atoms with van der Waals surface area (Å²) < 4.78 is 33.1. The number of para-hydroxylation sites is 1. The lowest BCUT2D eigenvalue weighted by Gasteiger charge is -2.40. The first-order valence-corrected chi connectivity index (χ1v) is 10.7. The summed E-state index contributed by atoms with van der Waals surface area (Å²) in [5.74, 6) is 0.588. The number of aromatic nitrogens is 1. The van der Waals surface area contributed by atoms with Crippen molar-refractivity contribution >= 4 is 22.0 Å². The highest BCUT2D eigenvalue weighted by atomic mass is 32.2. The molecule has 7 nitrogen and oxygen atoms in total. The number of aldehydes is 1. The number of hydrogen-bond donors (Lipinski definition) is 0. The smallest absolute Gasteiger partial charge is 0.243 e. The van der Waals surface area contributed by atoms with Crippen molar-refractivity contribution in [2.45, 2.75) is 17.9 Å². The fourth-order valence-corrected chi connectivity index (χ4v) is 5.29. The number of benzene rings is 2. The third kappa shape index (κ3) is 3.68. The van der Waals surface area contributed by atoms with Crippen molar-refractivity contribution in [3.8, 4) is 11.3 Å². The van der Waals surface area contributed by atoms with E-state index in [2.05, 4.69) is 9.88 Å². The molecule has 1 fully saturated rings. The van der Waals surface area contributed by atoms with Gasteiger partial charge in [0.05, 0.1) is 11.1 Å². The van der Waals surface area contributed by atoms with Crippen molar-refractivity contribution in [3.05, 3.63) is 66.7 Å². The van der Waals surface area contributed by atoms with Gasteiger partial charge in [0, 0.05) is 42.5 Å². The molecule has 1 saturated heterocycles. The predicted octanol–water partition coefficient (Wildman–Crippen LogP) is 3.05. The summed E-state index contributed by atoms with van der Waals surface area (Å²) >= 11 is 0. The average Bonchev–Trinajstić information content (AvgIpc) is 3.28. The van der Waals surface area contributed by atoms with Gasteiger partial charge in [0.1, 0.15) is 0 Å². The molecule has 150 valence electrons. The molecule has 0 radical (unpaired) electrons. The monoisotopic (exact) mass is 411 g/mol. The predicted molar refractivity (Wildman–Crippen MR) is 109 cm³/mol. The quantitative estimate of drug-likeness (QED) is 0.600. The summed E-state index contributed by atoms with van der Waals surface area (Å²) in [4.78, 5) is 17.5. The van der Waals surface area contributed by atoms with Gasteiger partial charge in [-0.2, -0.15) is 4.31 Å². The van der Waals surface area contributed by atoms with E-state index in [1.807, 2.05) is 25.1 Å². The van der Waals surface area contributed by atoms with Gasteiger partial charge in [-0.15, -0.1) is 0 Å². The standard InChI is InChI=1S/C21H21N3O4S/c1-16-13-23(20-5-3-2-4-18(20)14-25)10-11-24(16)29(26,27)19-8-6-17(7-9-19)21-12-22-15-28-21/h2-9,12,14-16H,10-11,13H2,1H3. The molecule has 2 aromatic carbocycles. The topological polar surface area (TPSA) is 83.7 Å². The largest absolute Gasteiger partial charge is 0.444 e. The molecule has 0 N–H and O–H groups in total. The van der Waals surface area contributed by atoms with E-state index in [0.29, 0.717) is 31.0 Å². The summed E-state index contributed by atoms with van der Waals surface area (Å²) in [5, 5.41) is 0. The molecule has 0 spiro atoms. The number of anilines is 1. The van der Waals surface area contributed by atoms with Gasteiger partial charge in [-0.3, -0.25) is 4.79 Å². The summed E-state index contributed by atoms with van der Waals surface area (Å²) in [6.45, 7) is 3.27. The second-order valence-corrected chi connectivity index (χ2v) is 8.87. The molecule has 1 aliphatic heterocycles. The van der Waals surface area contributed by atoms with Crippen LogP contribution in [0.2, 0.25) is 0 Å². The van der Waals surface area contributed by atoms with Crippen LogP contribution >= 0.6 is 0 Å². The van der Waals surface area contributed by atoms with Gasteiger partial charge < -0.3 is 9.32 Å². The van der Waals surface area contributed by atoms with E-state index >= 15 is 0 Å². The number of sulfonamides is 1. The van der Waals surface area contributed by atoms with Crippen LogP contribution < -0.4 is 4.90 Å². The molecular formula is C21H21N3O4S. The van der Waals surface area contributed by atoms with Gasteiger partial charge in [-0.25, -0.2) is 13.4 Å². The van der Waals surface area contributed by atoms with Gasteiger partial charge in [0.25, 0.3) is 0 Å². The summed E-state index contributed by atoms with van der Waals surface area (Å²) in [7, 11) is -3.63. The molecule has 3 aromatic rings. The van der Waals surface area contributed by atoms with Gasteiger partial charge in [0.2, 0.25) is 10.0 Å². The Labute approximate surface area is 169 Å².